The van der Waals surface area contributed by atoms with Crippen molar-refractivity contribution in [2.75, 3.05) is 19.6 Å². The number of aliphatic hydroxyl groups excluding tert-OH is 1. The molecule has 1 unspecified atom stereocenters. The predicted octanol–water partition coefficient (Wildman–Crippen LogP) is 1.94. The number of β-amino-alcohol motifs (C(OH)–C–C–N with tert-alkyl or cyclic N) is 1. The fourth-order valence-electron chi connectivity index (χ4n) is 3.22. The second-order valence-electron chi connectivity index (χ2n) is 6.80. The molecule has 1 aliphatic heterocycles. The molecular formula is C18H21F3N4O2. The lowest BCUT2D eigenvalue weighted by Crippen LogP contribution is -2.44. The minimum atomic E-state index is -4.59. The first-order valence-corrected chi connectivity index (χ1v) is 8.77. The summed E-state index contributed by atoms with van der Waals surface area (Å²) < 4.78 is 38.9. The van der Waals surface area contributed by atoms with Crippen LogP contribution < -0.4 is 5.56 Å². The first kappa shape index (κ1) is 19.5. The lowest BCUT2D eigenvalue weighted by Gasteiger charge is -2.33. The summed E-state index contributed by atoms with van der Waals surface area (Å²) in [4.78, 5) is 22.2. The van der Waals surface area contributed by atoms with Crippen molar-refractivity contribution in [2.24, 2.45) is 5.92 Å². The number of aliphatic hydroxyl groups is 1. The van der Waals surface area contributed by atoms with Gasteiger partial charge in [-0.15, -0.1) is 0 Å². The highest BCUT2D eigenvalue weighted by Gasteiger charge is 2.39. The molecule has 1 aliphatic rings. The van der Waals surface area contributed by atoms with Crippen LogP contribution in [0.2, 0.25) is 0 Å². The van der Waals surface area contributed by atoms with E-state index < -0.39 is 18.8 Å². The molecule has 1 atom stereocenters. The molecule has 0 aliphatic carbocycles. The van der Waals surface area contributed by atoms with E-state index in [1.807, 2.05) is 0 Å². The summed E-state index contributed by atoms with van der Waals surface area (Å²) in [6.45, 7) is 1.01. The molecule has 1 N–H and O–H groups in total. The Bertz CT molecular complexity index is 802. The fourth-order valence-corrected chi connectivity index (χ4v) is 3.22. The van der Waals surface area contributed by atoms with Crippen molar-refractivity contribution in [3.8, 4) is 11.3 Å². The minimum Gasteiger partial charge on any atom is -0.382 e. The Hall–Kier alpha value is -2.26. The van der Waals surface area contributed by atoms with Crippen LogP contribution in [-0.2, 0) is 6.54 Å². The van der Waals surface area contributed by atoms with Gasteiger partial charge in [0, 0.05) is 37.1 Å². The van der Waals surface area contributed by atoms with Gasteiger partial charge in [-0.2, -0.15) is 13.2 Å². The number of piperidine rings is 1. The van der Waals surface area contributed by atoms with E-state index in [0.29, 0.717) is 38.2 Å². The molecule has 2 aromatic rings. The van der Waals surface area contributed by atoms with Gasteiger partial charge in [0.15, 0.2) is 6.10 Å². The third-order valence-electron chi connectivity index (χ3n) is 4.83. The molecule has 1 fully saturated rings. The third-order valence-corrected chi connectivity index (χ3v) is 4.83. The highest BCUT2D eigenvalue weighted by atomic mass is 19.4. The van der Waals surface area contributed by atoms with E-state index in [1.165, 1.54) is 17.0 Å². The largest absolute Gasteiger partial charge is 0.415 e. The molecular weight excluding hydrogens is 361 g/mol. The number of alkyl halides is 3. The Balaban J connectivity index is 1.56. The SMILES string of the molecule is O=c1cc(-c2ccncc2)ncn1CC1CCN(CC(O)C(F)(F)F)CC1. The third kappa shape index (κ3) is 5.14. The van der Waals surface area contributed by atoms with Gasteiger partial charge in [-0.25, -0.2) is 4.98 Å². The molecule has 0 radical (unpaired) electrons. The second kappa shape index (κ2) is 8.18. The molecule has 0 aromatic carbocycles. The lowest BCUT2D eigenvalue weighted by atomic mass is 9.96. The molecule has 0 spiro atoms. The number of hydrogen-bond acceptors (Lipinski definition) is 5. The summed E-state index contributed by atoms with van der Waals surface area (Å²) in [6.07, 6.45) is -0.796. The number of likely N-dealkylation sites (tertiary alicyclic amines) is 1. The van der Waals surface area contributed by atoms with Crippen LogP contribution in [0.15, 0.2) is 41.7 Å². The van der Waals surface area contributed by atoms with Crippen molar-refractivity contribution in [1.82, 2.24) is 19.4 Å². The normalized spacial score (nSPS) is 17.8. The summed E-state index contributed by atoms with van der Waals surface area (Å²) in [5.41, 5.74) is 1.23. The number of pyridine rings is 1. The Labute approximate surface area is 154 Å². The molecule has 2 aromatic heterocycles. The number of aromatic nitrogens is 3. The van der Waals surface area contributed by atoms with Gasteiger partial charge in [-0.3, -0.25) is 14.3 Å². The number of hydrogen-bond donors (Lipinski definition) is 1. The molecule has 0 bridgehead atoms. The second-order valence-corrected chi connectivity index (χ2v) is 6.80. The zero-order valence-electron chi connectivity index (χ0n) is 14.6. The van der Waals surface area contributed by atoms with Crippen molar-refractivity contribution in [1.29, 1.82) is 0 Å². The molecule has 3 heterocycles. The van der Waals surface area contributed by atoms with E-state index in [9.17, 15) is 23.1 Å². The van der Waals surface area contributed by atoms with Crippen molar-refractivity contribution < 1.29 is 18.3 Å². The van der Waals surface area contributed by atoms with E-state index in [1.54, 1.807) is 29.4 Å². The van der Waals surface area contributed by atoms with Crippen LogP contribution in [0.5, 0.6) is 0 Å². The maximum absolute atomic E-state index is 12.4. The quantitative estimate of drug-likeness (QED) is 0.856. The molecule has 3 rings (SSSR count). The van der Waals surface area contributed by atoms with Gasteiger partial charge in [0.05, 0.1) is 12.0 Å². The molecule has 0 saturated carbocycles. The van der Waals surface area contributed by atoms with Crippen LogP contribution in [0, 0.1) is 5.92 Å². The first-order valence-electron chi connectivity index (χ1n) is 8.77. The van der Waals surface area contributed by atoms with Crippen LogP contribution in [0.3, 0.4) is 0 Å². The lowest BCUT2D eigenvalue weighted by molar-refractivity contribution is -0.208. The molecule has 9 heteroatoms. The summed E-state index contributed by atoms with van der Waals surface area (Å²) in [5, 5.41) is 9.17. The number of nitrogens with zero attached hydrogens (tertiary/aromatic N) is 4. The van der Waals surface area contributed by atoms with E-state index in [-0.39, 0.29) is 11.5 Å². The zero-order valence-corrected chi connectivity index (χ0v) is 14.6. The number of halogens is 3. The van der Waals surface area contributed by atoms with Crippen LogP contribution >= 0.6 is 0 Å². The Kier molecular flexibility index (Phi) is 5.91. The van der Waals surface area contributed by atoms with Crippen LogP contribution in [0.25, 0.3) is 11.3 Å². The highest BCUT2D eigenvalue weighted by molar-refractivity contribution is 5.57. The number of rotatable bonds is 5. The first-order chi connectivity index (χ1) is 12.8. The monoisotopic (exact) mass is 382 g/mol. The van der Waals surface area contributed by atoms with Crippen molar-refractivity contribution >= 4 is 0 Å². The summed E-state index contributed by atoms with van der Waals surface area (Å²) in [7, 11) is 0. The van der Waals surface area contributed by atoms with E-state index in [4.69, 9.17) is 0 Å². The minimum absolute atomic E-state index is 0.160. The van der Waals surface area contributed by atoms with E-state index in [2.05, 4.69) is 9.97 Å². The average Bonchev–Trinajstić information content (AvgIpc) is 2.65. The van der Waals surface area contributed by atoms with Crippen LogP contribution in [0.4, 0.5) is 13.2 Å². The van der Waals surface area contributed by atoms with Crippen LogP contribution in [0.1, 0.15) is 12.8 Å². The topological polar surface area (TPSA) is 71.2 Å². The summed E-state index contributed by atoms with van der Waals surface area (Å²) in [5.74, 6) is 0.190. The molecule has 27 heavy (non-hydrogen) atoms. The van der Waals surface area contributed by atoms with Crippen molar-refractivity contribution in [2.45, 2.75) is 31.7 Å². The molecule has 146 valence electrons. The average molecular weight is 382 g/mol. The Morgan fingerprint density at radius 1 is 1.22 bits per heavy atom. The maximum atomic E-state index is 12.4. The summed E-state index contributed by atoms with van der Waals surface area (Å²) in [6, 6.07) is 5.03. The van der Waals surface area contributed by atoms with Crippen molar-refractivity contribution in [3.05, 3.63) is 47.3 Å². The van der Waals surface area contributed by atoms with Gasteiger partial charge < -0.3 is 10.0 Å². The van der Waals surface area contributed by atoms with Crippen molar-refractivity contribution in [3.63, 3.8) is 0 Å². The Morgan fingerprint density at radius 2 is 1.89 bits per heavy atom. The maximum Gasteiger partial charge on any atom is 0.415 e. The predicted molar refractivity (Wildman–Crippen MR) is 93.0 cm³/mol. The van der Waals surface area contributed by atoms with Gasteiger partial charge in [0.25, 0.3) is 5.56 Å². The Morgan fingerprint density at radius 3 is 2.48 bits per heavy atom. The molecule has 1 saturated heterocycles. The molecule has 6 nitrogen and oxygen atoms in total. The van der Waals surface area contributed by atoms with Crippen LogP contribution in [-0.4, -0.2) is 56.5 Å². The smallest absolute Gasteiger partial charge is 0.382 e. The standard InChI is InChI=1S/C18H21F3N4O2/c19-18(20,21)16(26)11-24-7-3-13(4-8-24)10-25-12-23-15(9-17(25)27)14-1-5-22-6-2-14/h1-2,5-6,9,12-13,16,26H,3-4,7-8,10-11H2. The van der Waals surface area contributed by atoms with E-state index >= 15 is 0 Å². The molecule has 0 amide bonds. The van der Waals surface area contributed by atoms with Gasteiger partial charge in [0.1, 0.15) is 0 Å². The summed E-state index contributed by atoms with van der Waals surface area (Å²) >= 11 is 0. The van der Waals surface area contributed by atoms with E-state index in [0.717, 1.165) is 5.56 Å². The highest BCUT2D eigenvalue weighted by Crippen LogP contribution is 2.24. The van der Waals surface area contributed by atoms with Gasteiger partial charge in [-0.05, 0) is 44.0 Å². The van der Waals surface area contributed by atoms with Gasteiger partial charge >= 0.3 is 6.18 Å². The van der Waals surface area contributed by atoms with Gasteiger partial charge in [-0.1, -0.05) is 0 Å². The van der Waals surface area contributed by atoms with Gasteiger partial charge in [0.2, 0.25) is 0 Å². The fraction of sp³-hybridized carbons (Fsp3) is 0.500. The zero-order chi connectivity index (χ0) is 19.4.